The van der Waals surface area contributed by atoms with Crippen molar-refractivity contribution in [1.29, 1.82) is 0 Å². The van der Waals surface area contributed by atoms with E-state index in [4.69, 9.17) is 0 Å². The number of carbonyl (C=O) groups is 1. The third-order valence-electron chi connectivity index (χ3n) is 3.46. The number of hydrogen-bond donors (Lipinski definition) is 1. The first kappa shape index (κ1) is 14.9. The molecule has 0 aliphatic carbocycles. The number of aryl methyl sites for hydroxylation is 1. The van der Waals surface area contributed by atoms with Crippen LogP contribution >= 0.6 is 0 Å². The zero-order valence-electron chi connectivity index (χ0n) is 12.4. The number of amides is 1. The molecule has 0 saturated carbocycles. The van der Waals surface area contributed by atoms with Crippen LogP contribution in [0.5, 0.6) is 0 Å². The lowest BCUT2D eigenvalue weighted by atomic mass is 10.0. The second-order valence-corrected chi connectivity index (χ2v) is 4.99. The first-order chi connectivity index (χ1) is 10.2. The molecule has 2 heteroatoms. The van der Waals surface area contributed by atoms with E-state index in [0.717, 1.165) is 17.5 Å². The molecule has 0 bridgehead atoms. The summed E-state index contributed by atoms with van der Waals surface area (Å²) in [4.78, 5) is 11.7. The van der Waals surface area contributed by atoms with Gasteiger partial charge in [-0.1, -0.05) is 48.4 Å². The Kier molecular flexibility index (Phi) is 5.17. The van der Waals surface area contributed by atoms with Gasteiger partial charge in [0.25, 0.3) is 5.91 Å². The highest BCUT2D eigenvalue weighted by atomic mass is 16.1. The molecule has 0 spiro atoms. The fourth-order valence-electron chi connectivity index (χ4n) is 2.02. The Bertz CT molecular complexity index is 678. The van der Waals surface area contributed by atoms with Gasteiger partial charge in [-0.15, -0.1) is 0 Å². The van der Waals surface area contributed by atoms with Gasteiger partial charge in [0.05, 0.1) is 0 Å². The molecule has 0 aliphatic rings. The lowest BCUT2D eigenvalue weighted by molar-refractivity contribution is -0.115. The Balaban J connectivity index is 1.88. The van der Waals surface area contributed by atoms with Crippen molar-refractivity contribution < 1.29 is 4.79 Å². The SMILES string of the molecule is Cc1cccc(C#CC(=O)NCCc2ccccc2)c1C. The van der Waals surface area contributed by atoms with E-state index in [1.807, 2.05) is 62.4 Å². The van der Waals surface area contributed by atoms with Crippen molar-refractivity contribution in [1.82, 2.24) is 5.32 Å². The first-order valence-electron chi connectivity index (χ1n) is 7.07. The summed E-state index contributed by atoms with van der Waals surface area (Å²) in [5.74, 6) is 5.36. The third kappa shape index (κ3) is 4.50. The fraction of sp³-hybridized carbons (Fsp3) is 0.211. The van der Waals surface area contributed by atoms with Gasteiger partial charge in [0.2, 0.25) is 0 Å². The van der Waals surface area contributed by atoms with Crippen LogP contribution in [0.3, 0.4) is 0 Å². The van der Waals surface area contributed by atoms with Crippen molar-refractivity contribution in [2.24, 2.45) is 0 Å². The molecule has 0 atom stereocenters. The van der Waals surface area contributed by atoms with Crippen molar-refractivity contribution >= 4 is 5.91 Å². The number of hydrogen-bond acceptors (Lipinski definition) is 1. The van der Waals surface area contributed by atoms with Gasteiger partial charge in [-0.05, 0) is 43.0 Å². The highest BCUT2D eigenvalue weighted by Gasteiger charge is 1.99. The van der Waals surface area contributed by atoms with E-state index < -0.39 is 0 Å². The standard InChI is InChI=1S/C19H19NO/c1-15-7-6-10-18(16(15)2)11-12-19(21)20-14-13-17-8-4-3-5-9-17/h3-10H,13-14H2,1-2H3,(H,20,21). The van der Waals surface area contributed by atoms with Crippen LogP contribution in [0.25, 0.3) is 0 Å². The van der Waals surface area contributed by atoms with Crippen molar-refractivity contribution in [2.45, 2.75) is 20.3 Å². The highest BCUT2D eigenvalue weighted by Crippen LogP contribution is 2.10. The summed E-state index contributed by atoms with van der Waals surface area (Å²) in [5, 5.41) is 2.82. The minimum Gasteiger partial charge on any atom is -0.345 e. The molecule has 0 radical (unpaired) electrons. The molecule has 0 fully saturated rings. The topological polar surface area (TPSA) is 29.1 Å². The van der Waals surface area contributed by atoms with Crippen LogP contribution < -0.4 is 5.32 Å². The molecular formula is C19H19NO. The molecule has 0 aromatic heterocycles. The van der Waals surface area contributed by atoms with E-state index in [1.165, 1.54) is 11.1 Å². The van der Waals surface area contributed by atoms with Crippen molar-refractivity contribution in [3.63, 3.8) is 0 Å². The van der Waals surface area contributed by atoms with E-state index in [1.54, 1.807) is 0 Å². The second-order valence-electron chi connectivity index (χ2n) is 4.99. The third-order valence-corrected chi connectivity index (χ3v) is 3.46. The first-order valence-corrected chi connectivity index (χ1v) is 7.07. The fourth-order valence-corrected chi connectivity index (χ4v) is 2.02. The van der Waals surface area contributed by atoms with Crippen LogP contribution in [-0.4, -0.2) is 12.5 Å². The molecule has 1 amide bonds. The van der Waals surface area contributed by atoms with Crippen LogP contribution in [0.4, 0.5) is 0 Å². The van der Waals surface area contributed by atoms with Gasteiger partial charge in [-0.25, -0.2) is 0 Å². The van der Waals surface area contributed by atoms with E-state index in [2.05, 4.69) is 17.2 Å². The van der Waals surface area contributed by atoms with Crippen LogP contribution in [0.1, 0.15) is 22.3 Å². The predicted octanol–water partition coefficient (Wildman–Crippen LogP) is 3.01. The molecule has 1 N–H and O–H groups in total. The highest BCUT2D eigenvalue weighted by molar-refractivity contribution is 5.94. The largest absolute Gasteiger partial charge is 0.345 e. The predicted molar refractivity (Wildman–Crippen MR) is 85.9 cm³/mol. The second kappa shape index (κ2) is 7.31. The van der Waals surface area contributed by atoms with Gasteiger partial charge in [-0.2, -0.15) is 0 Å². The molecule has 21 heavy (non-hydrogen) atoms. The Labute approximate surface area is 126 Å². The number of nitrogens with one attached hydrogen (secondary N) is 1. The Morgan fingerprint density at radius 1 is 1.05 bits per heavy atom. The molecule has 2 nitrogen and oxygen atoms in total. The van der Waals surface area contributed by atoms with Crippen LogP contribution in [0, 0.1) is 25.7 Å². The summed E-state index contributed by atoms with van der Waals surface area (Å²) in [6.45, 7) is 4.66. The summed E-state index contributed by atoms with van der Waals surface area (Å²) in [6, 6.07) is 16.0. The van der Waals surface area contributed by atoms with Crippen LogP contribution in [-0.2, 0) is 11.2 Å². The molecule has 0 heterocycles. The van der Waals surface area contributed by atoms with Crippen molar-refractivity contribution in [2.75, 3.05) is 6.54 Å². The molecular weight excluding hydrogens is 258 g/mol. The molecule has 0 unspecified atom stereocenters. The Hall–Kier alpha value is -2.53. The quantitative estimate of drug-likeness (QED) is 0.859. The van der Waals surface area contributed by atoms with Crippen LogP contribution in [0.2, 0.25) is 0 Å². The summed E-state index contributed by atoms with van der Waals surface area (Å²) in [5.41, 5.74) is 4.43. The van der Waals surface area contributed by atoms with E-state index in [0.29, 0.717) is 6.54 Å². The minimum absolute atomic E-state index is 0.230. The summed E-state index contributed by atoms with van der Waals surface area (Å²) >= 11 is 0. The molecule has 2 aromatic carbocycles. The summed E-state index contributed by atoms with van der Waals surface area (Å²) in [6.07, 6.45) is 0.817. The van der Waals surface area contributed by atoms with Gasteiger partial charge >= 0.3 is 0 Å². The van der Waals surface area contributed by atoms with Crippen molar-refractivity contribution in [3.8, 4) is 11.8 Å². The normalized spacial score (nSPS) is 9.62. The van der Waals surface area contributed by atoms with Crippen LogP contribution in [0.15, 0.2) is 48.5 Å². The summed E-state index contributed by atoms with van der Waals surface area (Å²) in [7, 11) is 0. The van der Waals surface area contributed by atoms with Crippen molar-refractivity contribution in [3.05, 3.63) is 70.8 Å². The van der Waals surface area contributed by atoms with E-state index in [-0.39, 0.29) is 5.91 Å². The monoisotopic (exact) mass is 277 g/mol. The van der Waals surface area contributed by atoms with Gasteiger partial charge in [-0.3, -0.25) is 4.79 Å². The number of benzene rings is 2. The lowest BCUT2D eigenvalue weighted by Gasteiger charge is -2.02. The lowest BCUT2D eigenvalue weighted by Crippen LogP contribution is -2.23. The molecule has 0 saturated heterocycles. The van der Waals surface area contributed by atoms with Gasteiger partial charge < -0.3 is 5.32 Å². The maximum Gasteiger partial charge on any atom is 0.296 e. The summed E-state index contributed by atoms with van der Waals surface area (Å²) < 4.78 is 0. The minimum atomic E-state index is -0.230. The maximum absolute atomic E-state index is 11.7. The zero-order valence-corrected chi connectivity index (χ0v) is 12.4. The van der Waals surface area contributed by atoms with Gasteiger partial charge in [0.1, 0.15) is 0 Å². The van der Waals surface area contributed by atoms with Gasteiger partial charge in [0, 0.05) is 18.0 Å². The number of carbonyl (C=O) groups excluding carboxylic acids is 1. The molecule has 106 valence electrons. The molecule has 2 rings (SSSR count). The molecule has 0 aliphatic heterocycles. The average molecular weight is 277 g/mol. The molecule has 2 aromatic rings. The number of rotatable bonds is 3. The Morgan fingerprint density at radius 3 is 2.57 bits per heavy atom. The maximum atomic E-state index is 11.7. The van der Waals surface area contributed by atoms with E-state index >= 15 is 0 Å². The Morgan fingerprint density at radius 2 is 1.81 bits per heavy atom. The van der Waals surface area contributed by atoms with Gasteiger partial charge in [0.15, 0.2) is 0 Å². The van der Waals surface area contributed by atoms with E-state index in [9.17, 15) is 4.79 Å². The zero-order chi connectivity index (χ0) is 15.1. The average Bonchev–Trinajstić information content (AvgIpc) is 2.50. The smallest absolute Gasteiger partial charge is 0.296 e.